The highest BCUT2D eigenvalue weighted by Gasteiger charge is 2.32. The van der Waals surface area contributed by atoms with Crippen LogP contribution in [0, 0.1) is 5.92 Å². The molecule has 2 aliphatic heterocycles. The monoisotopic (exact) mass is 260 g/mol. The van der Waals surface area contributed by atoms with E-state index in [1.54, 1.807) is 0 Å². The predicted octanol–water partition coefficient (Wildman–Crippen LogP) is 2.73. The van der Waals surface area contributed by atoms with Gasteiger partial charge in [0.15, 0.2) is 0 Å². The van der Waals surface area contributed by atoms with Crippen LogP contribution in [0.5, 0.6) is 0 Å². The Morgan fingerprint density at radius 1 is 1.21 bits per heavy atom. The number of nitrogens with two attached hydrogens (primary N) is 1. The van der Waals surface area contributed by atoms with E-state index in [-0.39, 0.29) is 0 Å². The van der Waals surface area contributed by atoms with Gasteiger partial charge in [0.25, 0.3) is 0 Å². The standard InChI is InChI=1S/C16H24N2O/c17-8-5-13-11-15(12-6-9-19-10-7-12)14-3-1-2-4-16(14)18-13/h1-4,12-13,15,18H,5-11,17H2. The maximum Gasteiger partial charge on any atom is 0.0468 e. The molecule has 3 heteroatoms. The predicted molar refractivity (Wildman–Crippen MR) is 78.4 cm³/mol. The van der Waals surface area contributed by atoms with Crippen molar-refractivity contribution in [3.05, 3.63) is 29.8 Å². The molecule has 2 unspecified atom stereocenters. The van der Waals surface area contributed by atoms with Gasteiger partial charge in [-0.25, -0.2) is 0 Å². The van der Waals surface area contributed by atoms with Gasteiger partial charge in [-0.1, -0.05) is 18.2 Å². The molecule has 0 saturated carbocycles. The van der Waals surface area contributed by atoms with Gasteiger partial charge in [0.2, 0.25) is 0 Å². The molecule has 1 saturated heterocycles. The van der Waals surface area contributed by atoms with Crippen LogP contribution in [0.25, 0.3) is 0 Å². The molecule has 104 valence electrons. The highest BCUT2D eigenvalue weighted by Crippen LogP contribution is 2.42. The van der Waals surface area contributed by atoms with E-state index in [2.05, 4.69) is 29.6 Å². The number of hydrogen-bond donors (Lipinski definition) is 2. The maximum atomic E-state index is 5.74. The molecule has 0 bridgehead atoms. The molecule has 1 aromatic rings. The number of fused-ring (bicyclic) bond motifs is 1. The maximum absolute atomic E-state index is 5.74. The third-order valence-electron chi connectivity index (χ3n) is 4.61. The Bertz CT molecular complexity index is 415. The molecule has 19 heavy (non-hydrogen) atoms. The van der Waals surface area contributed by atoms with Crippen molar-refractivity contribution in [1.29, 1.82) is 0 Å². The van der Waals surface area contributed by atoms with Crippen LogP contribution in [0.4, 0.5) is 5.69 Å². The second-order valence-electron chi connectivity index (χ2n) is 5.80. The van der Waals surface area contributed by atoms with Crippen LogP contribution in [-0.2, 0) is 4.74 Å². The van der Waals surface area contributed by atoms with Crippen LogP contribution in [0.15, 0.2) is 24.3 Å². The smallest absolute Gasteiger partial charge is 0.0468 e. The first-order valence-corrected chi connectivity index (χ1v) is 7.51. The molecular weight excluding hydrogens is 236 g/mol. The summed E-state index contributed by atoms with van der Waals surface area (Å²) in [5, 5.41) is 3.66. The van der Waals surface area contributed by atoms with Gasteiger partial charge in [-0.3, -0.25) is 0 Å². The number of hydrogen-bond acceptors (Lipinski definition) is 3. The minimum absolute atomic E-state index is 0.535. The Kier molecular flexibility index (Phi) is 4.04. The van der Waals surface area contributed by atoms with Gasteiger partial charge in [0.05, 0.1) is 0 Å². The molecule has 2 aliphatic rings. The third-order valence-corrected chi connectivity index (χ3v) is 4.61. The normalized spacial score (nSPS) is 27.6. The van der Waals surface area contributed by atoms with Crippen LogP contribution in [-0.4, -0.2) is 25.8 Å². The van der Waals surface area contributed by atoms with Crippen molar-refractivity contribution in [1.82, 2.24) is 0 Å². The summed E-state index contributed by atoms with van der Waals surface area (Å²) >= 11 is 0. The lowest BCUT2D eigenvalue weighted by Gasteiger charge is -2.39. The van der Waals surface area contributed by atoms with Crippen molar-refractivity contribution < 1.29 is 4.74 Å². The summed E-state index contributed by atoms with van der Waals surface area (Å²) in [6, 6.07) is 9.33. The zero-order valence-electron chi connectivity index (χ0n) is 11.5. The fourth-order valence-corrected chi connectivity index (χ4v) is 3.62. The second-order valence-corrected chi connectivity index (χ2v) is 5.80. The summed E-state index contributed by atoms with van der Waals surface area (Å²) in [5.74, 6) is 1.45. The molecule has 0 aromatic heterocycles. The number of anilines is 1. The molecule has 2 heterocycles. The van der Waals surface area contributed by atoms with Gasteiger partial charge in [-0.05, 0) is 55.7 Å². The van der Waals surface area contributed by atoms with Crippen LogP contribution in [0.3, 0.4) is 0 Å². The van der Waals surface area contributed by atoms with Crippen molar-refractivity contribution in [2.45, 2.75) is 37.6 Å². The molecule has 1 aromatic carbocycles. The zero-order chi connectivity index (χ0) is 13.1. The zero-order valence-corrected chi connectivity index (χ0v) is 11.5. The first-order valence-electron chi connectivity index (χ1n) is 7.51. The Labute approximate surface area is 115 Å². The van der Waals surface area contributed by atoms with Crippen molar-refractivity contribution in [2.75, 3.05) is 25.1 Å². The van der Waals surface area contributed by atoms with Crippen molar-refractivity contribution in [3.63, 3.8) is 0 Å². The average Bonchev–Trinajstić information content (AvgIpc) is 2.48. The lowest BCUT2D eigenvalue weighted by atomic mass is 9.75. The number of para-hydroxylation sites is 1. The van der Waals surface area contributed by atoms with E-state index in [0.717, 1.165) is 32.1 Å². The summed E-state index contributed by atoms with van der Waals surface area (Å²) in [7, 11) is 0. The number of ether oxygens (including phenoxy) is 1. The first kappa shape index (κ1) is 12.9. The topological polar surface area (TPSA) is 47.3 Å². The van der Waals surface area contributed by atoms with Gasteiger partial charge < -0.3 is 15.8 Å². The molecule has 3 nitrogen and oxygen atoms in total. The van der Waals surface area contributed by atoms with Crippen LogP contribution < -0.4 is 11.1 Å². The Morgan fingerprint density at radius 2 is 2.00 bits per heavy atom. The largest absolute Gasteiger partial charge is 0.382 e. The van der Waals surface area contributed by atoms with Gasteiger partial charge >= 0.3 is 0 Å². The van der Waals surface area contributed by atoms with Gasteiger partial charge in [0.1, 0.15) is 0 Å². The van der Waals surface area contributed by atoms with Crippen LogP contribution in [0.1, 0.15) is 37.2 Å². The quantitative estimate of drug-likeness (QED) is 0.878. The summed E-state index contributed by atoms with van der Waals surface area (Å²) in [6.07, 6.45) is 4.69. The van der Waals surface area contributed by atoms with E-state index in [1.807, 2.05) is 0 Å². The second kappa shape index (κ2) is 5.93. The Morgan fingerprint density at radius 3 is 2.79 bits per heavy atom. The molecule has 2 atom stereocenters. The highest BCUT2D eigenvalue weighted by molar-refractivity contribution is 5.56. The highest BCUT2D eigenvalue weighted by atomic mass is 16.5. The molecule has 1 fully saturated rings. The minimum Gasteiger partial charge on any atom is -0.382 e. The number of nitrogens with one attached hydrogen (secondary N) is 1. The van der Waals surface area contributed by atoms with E-state index in [1.165, 1.54) is 30.5 Å². The first-order chi connectivity index (χ1) is 9.38. The van der Waals surface area contributed by atoms with Crippen molar-refractivity contribution in [2.24, 2.45) is 11.7 Å². The molecule has 3 rings (SSSR count). The Hall–Kier alpha value is -1.06. The third kappa shape index (κ3) is 2.77. The number of rotatable bonds is 3. The van der Waals surface area contributed by atoms with Crippen LogP contribution >= 0.6 is 0 Å². The molecule has 0 spiro atoms. The van der Waals surface area contributed by atoms with E-state index < -0.39 is 0 Å². The van der Waals surface area contributed by atoms with E-state index in [0.29, 0.717) is 12.0 Å². The molecule has 3 N–H and O–H groups in total. The lowest BCUT2D eigenvalue weighted by molar-refractivity contribution is 0.0556. The van der Waals surface area contributed by atoms with E-state index in [4.69, 9.17) is 10.5 Å². The minimum atomic E-state index is 0.535. The average molecular weight is 260 g/mol. The van der Waals surface area contributed by atoms with Gasteiger partial charge in [-0.2, -0.15) is 0 Å². The lowest BCUT2D eigenvalue weighted by Crippen LogP contribution is -2.34. The Balaban J connectivity index is 1.84. The summed E-state index contributed by atoms with van der Waals surface area (Å²) < 4.78 is 5.52. The molecule has 0 radical (unpaired) electrons. The summed E-state index contributed by atoms with van der Waals surface area (Å²) in [6.45, 7) is 2.62. The van der Waals surface area contributed by atoms with E-state index in [9.17, 15) is 0 Å². The fraction of sp³-hybridized carbons (Fsp3) is 0.625. The van der Waals surface area contributed by atoms with Crippen molar-refractivity contribution in [3.8, 4) is 0 Å². The number of benzene rings is 1. The molecule has 0 amide bonds. The van der Waals surface area contributed by atoms with Crippen LogP contribution in [0.2, 0.25) is 0 Å². The van der Waals surface area contributed by atoms with Gasteiger partial charge in [-0.15, -0.1) is 0 Å². The summed E-state index contributed by atoms with van der Waals surface area (Å²) in [4.78, 5) is 0. The SMILES string of the molecule is NCCC1CC(C2CCOCC2)c2ccccc2N1. The van der Waals surface area contributed by atoms with E-state index >= 15 is 0 Å². The molecular formula is C16H24N2O. The van der Waals surface area contributed by atoms with Gasteiger partial charge in [0, 0.05) is 24.9 Å². The summed E-state index contributed by atoms with van der Waals surface area (Å²) in [5.41, 5.74) is 8.57. The van der Waals surface area contributed by atoms with Crippen molar-refractivity contribution >= 4 is 5.69 Å². The molecule has 0 aliphatic carbocycles. The fourth-order valence-electron chi connectivity index (χ4n) is 3.62.